The molecule has 0 aliphatic rings. The maximum atomic E-state index is 5.41. The minimum Gasteiger partial charge on any atom is -0.334 e. The molecule has 0 saturated carbocycles. The first kappa shape index (κ1) is 16.8. The third kappa shape index (κ3) is 3.26. The number of hydrogen-bond donors (Lipinski definition) is 0. The Kier molecular flexibility index (Phi) is 4.56. The fraction of sp³-hybridized carbons (Fsp3) is 0.278. The van der Waals surface area contributed by atoms with Crippen LogP contribution in [0.15, 0.2) is 33.8 Å². The lowest BCUT2D eigenvalue weighted by Gasteiger charge is -2.05. The van der Waals surface area contributed by atoms with Crippen molar-refractivity contribution in [3.63, 3.8) is 0 Å². The van der Waals surface area contributed by atoms with Crippen LogP contribution in [0.5, 0.6) is 0 Å². The molecule has 25 heavy (non-hydrogen) atoms. The number of aliphatic imine (C=N–C) groups is 1. The lowest BCUT2D eigenvalue weighted by atomic mass is 10.1. The lowest BCUT2D eigenvalue weighted by molar-refractivity contribution is 0.408. The van der Waals surface area contributed by atoms with Gasteiger partial charge in [-0.1, -0.05) is 34.6 Å². The molecule has 3 aromatic rings. The van der Waals surface area contributed by atoms with Crippen molar-refractivity contribution in [2.75, 3.05) is 0 Å². The van der Waals surface area contributed by atoms with Crippen molar-refractivity contribution >= 4 is 24.2 Å². The summed E-state index contributed by atoms with van der Waals surface area (Å²) < 4.78 is 7.13. The molecule has 128 valence electrons. The molecule has 0 bridgehead atoms. The second-order valence-electron chi connectivity index (χ2n) is 6.06. The summed E-state index contributed by atoms with van der Waals surface area (Å²) in [5, 5.41) is 12.4. The maximum absolute atomic E-state index is 5.41. The Morgan fingerprint density at radius 1 is 1.32 bits per heavy atom. The van der Waals surface area contributed by atoms with E-state index in [1.165, 1.54) is 0 Å². The van der Waals surface area contributed by atoms with Crippen molar-refractivity contribution in [3.8, 4) is 11.4 Å². The molecule has 0 saturated heterocycles. The van der Waals surface area contributed by atoms with Gasteiger partial charge in [-0.3, -0.25) is 0 Å². The van der Waals surface area contributed by atoms with Crippen LogP contribution in [0.4, 0.5) is 5.82 Å². The molecule has 0 fully saturated rings. The van der Waals surface area contributed by atoms with E-state index < -0.39 is 0 Å². The molecular weight excluding hydrogens is 316 g/mol. The van der Waals surface area contributed by atoms with Gasteiger partial charge in [0, 0.05) is 11.1 Å². The molecular formula is C18H20N6O. The Hall–Kier alpha value is -3.09. The maximum Gasteiger partial charge on any atom is 0.253 e. The van der Waals surface area contributed by atoms with Gasteiger partial charge in [0.15, 0.2) is 5.82 Å². The fourth-order valence-corrected chi connectivity index (χ4v) is 2.48. The van der Waals surface area contributed by atoms with E-state index in [-0.39, 0.29) is 6.04 Å². The van der Waals surface area contributed by atoms with Crippen LogP contribution in [-0.2, 0) is 0 Å². The standard InChI is InChI=1S/C18H20N6O/c1-11(2)24-17(19-5)15(21-23-24)10-13(4)18-20-16(22-25-18)14-9-7-6-8-12(14)3/h6-11H,5H2,1-4H3/b13-10+. The summed E-state index contributed by atoms with van der Waals surface area (Å²) in [4.78, 5) is 8.53. The SMILES string of the molecule is C=Nc1c(/C=C(\C)c2nc(-c3ccccc3C)no2)nnn1C(C)C. The molecule has 0 spiro atoms. The number of hydrogen-bond acceptors (Lipinski definition) is 6. The van der Waals surface area contributed by atoms with Crippen molar-refractivity contribution in [2.24, 2.45) is 4.99 Å². The van der Waals surface area contributed by atoms with Gasteiger partial charge in [-0.15, -0.1) is 5.10 Å². The quantitative estimate of drug-likeness (QED) is 0.655. The Balaban J connectivity index is 1.95. The van der Waals surface area contributed by atoms with E-state index in [0.29, 0.717) is 23.2 Å². The second kappa shape index (κ2) is 6.80. The highest BCUT2D eigenvalue weighted by molar-refractivity contribution is 5.79. The average Bonchev–Trinajstić information content (AvgIpc) is 3.22. The van der Waals surface area contributed by atoms with Gasteiger partial charge in [0.25, 0.3) is 5.89 Å². The molecule has 1 aromatic carbocycles. The summed E-state index contributed by atoms with van der Waals surface area (Å²) in [6.07, 6.45) is 1.82. The molecule has 7 heteroatoms. The van der Waals surface area contributed by atoms with Gasteiger partial charge in [-0.25, -0.2) is 9.67 Å². The number of nitrogens with zero attached hydrogens (tertiary/aromatic N) is 6. The first-order valence-corrected chi connectivity index (χ1v) is 8.01. The number of rotatable bonds is 5. The Bertz CT molecular complexity index is 935. The molecule has 0 atom stereocenters. The summed E-state index contributed by atoms with van der Waals surface area (Å²) in [6, 6.07) is 8.06. The van der Waals surface area contributed by atoms with E-state index in [1.807, 2.05) is 58.0 Å². The van der Waals surface area contributed by atoms with E-state index in [1.54, 1.807) is 4.68 Å². The smallest absolute Gasteiger partial charge is 0.253 e. The van der Waals surface area contributed by atoms with Crippen molar-refractivity contribution in [1.82, 2.24) is 25.1 Å². The van der Waals surface area contributed by atoms with E-state index in [2.05, 4.69) is 32.2 Å². The third-order valence-corrected chi connectivity index (χ3v) is 3.84. The van der Waals surface area contributed by atoms with Gasteiger partial charge in [0.1, 0.15) is 5.69 Å². The highest BCUT2D eigenvalue weighted by atomic mass is 16.5. The molecule has 0 amide bonds. The summed E-state index contributed by atoms with van der Waals surface area (Å²) >= 11 is 0. The zero-order valence-corrected chi connectivity index (χ0v) is 14.8. The summed E-state index contributed by atoms with van der Waals surface area (Å²) in [5.41, 5.74) is 3.45. The monoisotopic (exact) mass is 336 g/mol. The summed E-state index contributed by atoms with van der Waals surface area (Å²) in [7, 11) is 0. The van der Waals surface area contributed by atoms with Crippen molar-refractivity contribution in [2.45, 2.75) is 33.7 Å². The van der Waals surface area contributed by atoms with Gasteiger partial charge < -0.3 is 4.52 Å². The van der Waals surface area contributed by atoms with Crippen LogP contribution >= 0.6 is 0 Å². The predicted octanol–water partition coefficient (Wildman–Crippen LogP) is 4.11. The zero-order valence-electron chi connectivity index (χ0n) is 14.8. The van der Waals surface area contributed by atoms with Crippen LogP contribution in [0.2, 0.25) is 0 Å². The lowest BCUT2D eigenvalue weighted by Crippen LogP contribution is -2.02. The normalized spacial score (nSPS) is 12.0. The van der Waals surface area contributed by atoms with E-state index >= 15 is 0 Å². The average molecular weight is 336 g/mol. The van der Waals surface area contributed by atoms with E-state index in [4.69, 9.17) is 4.52 Å². The minimum atomic E-state index is 0.145. The molecule has 0 N–H and O–H groups in total. The molecule has 2 aromatic heterocycles. The van der Waals surface area contributed by atoms with Gasteiger partial charge in [0.2, 0.25) is 5.82 Å². The van der Waals surface area contributed by atoms with Crippen LogP contribution < -0.4 is 0 Å². The van der Waals surface area contributed by atoms with Gasteiger partial charge in [0.05, 0.1) is 6.04 Å². The van der Waals surface area contributed by atoms with Crippen molar-refractivity contribution in [3.05, 3.63) is 41.4 Å². The summed E-state index contributed by atoms with van der Waals surface area (Å²) in [5.74, 6) is 1.62. The number of aromatic nitrogens is 5. The minimum absolute atomic E-state index is 0.145. The molecule has 3 rings (SSSR count). The highest BCUT2D eigenvalue weighted by Crippen LogP contribution is 2.26. The van der Waals surface area contributed by atoms with Crippen LogP contribution in [-0.4, -0.2) is 31.9 Å². The van der Waals surface area contributed by atoms with Crippen LogP contribution in [0, 0.1) is 6.92 Å². The predicted molar refractivity (Wildman–Crippen MR) is 97.6 cm³/mol. The van der Waals surface area contributed by atoms with Crippen LogP contribution in [0.25, 0.3) is 23.0 Å². The molecule has 0 radical (unpaired) electrons. The first-order chi connectivity index (χ1) is 12.0. The molecule has 0 aliphatic carbocycles. The largest absolute Gasteiger partial charge is 0.334 e. The number of aryl methyl sites for hydroxylation is 1. The molecule has 0 aliphatic heterocycles. The van der Waals surface area contributed by atoms with Crippen LogP contribution in [0.3, 0.4) is 0 Å². The topological polar surface area (TPSA) is 82.0 Å². The van der Waals surface area contributed by atoms with E-state index in [0.717, 1.165) is 16.7 Å². The third-order valence-electron chi connectivity index (χ3n) is 3.84. The molecule has 2 heterocycles. The van der Waals surface area contributed by atoms with Crippen LogP contribution in [0.1, 0.15) is 44.0 Å². The van der Waals surface area contributed by atoms with Crippen molar-refractivity contribution in [1.29, 1.82) is 0 Å². The van der Waals surface area contributed by atoms with Gasteiger partial charge >= 0.3 is 0 Å². The zero-order chi connectivity index (χ0) is 18.0. The summed E-state index contributed by atoms with van der Waals surface area (Å²) in [6.45, 7) is 11.5. The van der Waals surface area contributed by atoms with Gasteiger partial charge in [-0.05, 0) is 46.1 Å². The Morgan fingerprint density at radius 2 is 2.08 bits per heavy atom. The Labute approximate surface area is 146 Å². The first-order valence-electron chi connectivity index (χ1n) is 8.01. The number of allylic oxidation sites excluding steroid dienone is 1. The molecule has 0 unspecified atom stereocenters. The fourth-order valence-electron chi connectivity index (χ4n) is 2.48. The Morgan fingerprint density at radius 3 is 2.76 bits per heavy atom. The second-order valence-corrected chi connectivity index (χ2v) is 6.06. The number of benzene rings is 1. The molecule has 7 nitrogen and oxygen atoms in total. The van der Waals surface area contributed by atoms with Crippen molar-refractivity contribution < 1.29 is 4.52 Å². The van der Waals surface area contributed by atoms with E-state index in [9.17, 15) is 0 Å². The van der Waals surface area contributed by atoms with Gasteiger partial charge in [-0.2, -0.15) is 4.98 Å². The highest BCUT2D eigenvalue weighted by Gasteiger charge is 2.15.